The van der Waals surface area contributed by atoms with Crippen LogP contribution in [0.25, 0.3) is 10.9 Å². The largest absolute Gasteiger partial charge is 0.295 e. The minimum Gasteiger partial charge on any atom is -0.295 e. The summed E-state index contributed by atoms with van der Waals surface area (Å²) in [7, 11) is 0. The van der Waals surface area contributed by atoms with Gasteiger partial charge in [0.25, 0.3) is 5.56 Å². The number of fused-ring (bicyclic) bond motifs is 1. The molecule has 80 valence electrons. The lowest BCUT2D eigenvalue weighted by Crippen LogP contribution is -2.16. The molecule has 2 aromatic rings. The van der Waals surface area contributed by atoms with Crippen LogP contribution in [0.15, 0.2) is 23.0 Å². The number of nitrogens with zero attached hydrogens (tertiary/aromatic N) is 1. The van der Waals surface area contributed by atoms with Crippen molar-refractivity contribution in [2.75, 3.05) is 0 Å². The normalized spacial score (nSPS) is 11.1. The van der Waals surface area contributed by atoms with Crippen LogP contribution in [0, 0.1) is 0 Å². The van der Waals surface area contributed by atoms with Crippen molar-refractivity contribution in [2.24, 2.45) is 0 Å². The van der Waals surface area contributed by atoms with E-state index in [2.05, 4.69) is 12.0 Å². The van der Waals surface area contributed by atoms with Crippen molar-refractivity contribution in [1.82, 2.24) is 9.78 Å². The molecule has 0 saturated carbocycles. The number of unbranched alkanes of at least 4 members (excludes halogenated alkanes) is 1. The molecule has 3 nitrogen and oxygen atoms in total. The Morgan fingerprint density at radius 3 is 3.00 bits per heavy atom. The summed E-state index contributed by atoms with van der Waals surface area (Å²) in [5.74, 6) is 0. The van der Waals surface area contributed by atoms with Crippen LogP contribution >= 0.6 is 11.6 Å². The smallest absolute Gasteiger partial charge is 0.274 e. The van der Waals surface area contributed by atoms with E-state index in [0.717, 1.165) is 24.9 Å². The van der Waals surface area contributed by atoms with Gasteiger partial charge >= 0.3 is 0 Å². The topological polar surface area (TPSA) is 37.8 Å². The molecule has 15 heavy (non-hydrogen) atoms. The Morgan fingerprint density at radius 2 is 2.27 bits per heavy atom. The number of hydrogen-bond acceptors (Lipinski definition) is 1. The summed E-state index contributed by atoms with van der Waals surface area (Å²) in [6.45, 7) is 2.84. The van der Waals surface area contributed by atoms with Gasteiger partial charge in [-0.3, -0.25) is 14.6 Å². The van der Waals surface area contributed by atoms with Gasteiger partial charge in [0, 0.05) is 11.6 Å². The van der Waals surface area contributed by atoms with Crippen LogP contribution in [0.4, 0.5) is 0 Å². The molecule has 0 aliphatic carbocycles. The number of H-pyrrole nitrogens is 1. The molecule has 0 unspecified atom stereocenters. The van der Waals surface area contributed by atoms with Gasteiger partial charge in [-0.2, -0.15) is 0 Å². The van der Waals surface area contributed by atoms with Gasteiger partial charge in [0.2, 0.25) is 0 Å². The monoisotopic (exact) mass is 224 g/mol. The average molecular weight is 225 g/mol. The maximum Gasteiger partial charge on any atom is 0.274 e. The lowest BCUT2D eigenvalue weighted by atomic mass is 10.2. The van der Waals surface area contributed by atoms with E-state index in [-0.39, 0.29) is 5.56 Å². The van der Waals surface area contributed by atoms with Crippen LogP contribution in [-0.4, -0.2) is 9.78 Å². The van der Waals surface area contributed by atoms with E-state index in [0.29, 0.717) is 10.4 Å². The van der Waals surface area contributed by atoms with Gasteiger partial charge < -0.3 is 0 Å². The molecule has 2 rings (SSSR count). The molecule has 0 radical (unpaired) electrons. The minimum absolute atomic E-state index is 0.0371. The zero-order chi connectivity index (χ0) is 10.8. The molecule has 0 aliphatic rings. The SMILES string of the molecule is CCCCn1[nH]c2cc(Cl)ccc2c1=O. The minimum atomic E-state index is 0.0371. The van der Waals surface area contributed by atoms with Crippen molar-refractivity contribution < 1.29 is 0 Å². The highest BCUT2D eigenvalue weighted by molar-refractivity contribution is 6.31. The van der Waals surface area contributed by atoms with E-state index in [1.165, 1.54) is 0 Å². The van der Waals surface area contributed by atoms with Crippen molar-refractivity contribution in [1.29, 1.82) is 0 Å². The van der Waals surface area contributed by atoms with Crippen LogP contribution in [0.5, 0.6) is 0 Å². The molecular formula is C11H13ClN2O. The summed E-state index contributed by atoms with van der Waals surface area (Å²) in [6.07, 6.45) is 2.07. The summed E-state index contributed by atoms with van der Waals surface area (Å²) in [6, 6.07) is 5.28. The second-order valence-corrected chi connectivity index (χ2v) is 4.05. The van der Waals surface area contributed by atoms with Crippen LogP contribution in [0.1, 0.15) is 19.8 Å². The number of aromatic nitrogens is 2. The molecule has 1 N–H and O–H groups in total. The molecule has 1 aromatic heterocycles. The Morgan fingerprint density at radius 1 is 1.47 bits per heavy atom. The number of rotatable bonds is 3. The Kier molecular flexibility index (Phi) is 2.82. The van der Waals surface area contributed by atoms with Gasteiger partial charge in [0.15, 0.2) is 0 Å². The molecule has 1 heterocycles. The molecule has 1 aromatic carbocycles. The molecule has 0 aliphatic heterocycles. The highest BCUT2D eigenvalue weighted by Crippen LogP contribution is 2.14. The summed E-state index contributed by atoms with van der Waals surface area (Å²) in [4.78, 5) is 11.8. The second-order valence-electron chi connectivity index (χ2n) is 3.61. The summed E-state index contributed by atoms with van der Waals surface area (Å²) in [5.41, 5.74) is 0.846. The van der Waals surface area contributed by atoms with E-state index in [1.54, 1.807) is 22.9 Å². The Bertz CT molecular complexity index is 527. The van der Waals surface area contributed by atoms with Gasteiger partial charge in [-0.15, -0.1) is 0 Å². The summed E-state index contributed by atoms with van der Waals surface area (Å²) < 4.78 is 1.64. The van der Waals surface area contributed by atoms with E-state index in [1.807, 2.05) is 0 Å². The quantitative estimate of drug-likeness (QED) is 0.856. The van der Waals surface area contributed by atoms with Crippen molar-refractivity contribution in [3.05, 3.63) is 33.6 Å². The van der Waals surface area contributed by atoms with Gasteiger partial charge in [0.05, 0.1) is 10.9 Å². The van der Waals surface area contributed by atoms with Crippen LogP contribution in [-0.2, 0) is 6.54 Å². The van der Waals surface area contributed by atoms with Crippen molar-refractivity contribution in [2.45, 2.75) is 26.3 Å². The standard InChI is InChI=1S/C11H13ClN2O/c1-2-3-6-14-11(15)9-5-4-8(12)7-10(9)13-14/h4-5,7,13H,2-3,6H2,1H3. The highest BCUT2D eigenvalue weighted by atomic mass is 35.5. The first-order valence-electron chi connectivity index (χ1n) is 5.10. The third-order valence-corrected chi connectivity index (χ3v) is 2.68. The fourth-order valence-corrected chi connectivity index (χ4v) is 1.78. The molecular weight excluding hydrogens is 212 g/mol. The molecule has 4 heteroatoms. The highest BCUT2D eigenvalue weighted by Gasteiger charge is 2.05. The Labute approximate surface area is 92.6 Å². The lowest BCUT2D eigenvalue weighted by Gasteiger charge is -1.97. The number of benzene rings is 1. The van der Waals surface area contributed by atoms with Crippen LogP contribution in [0.2, 0.25) is 5.02 Å². The first-order valence-corrected chi connectivity index (χ1v) is 5.48. The second kappa shape index (κ2) is 4.11. The van der Waals surface area contributed by atoms with Gasteiger partial charge in [0.1, 0.15) is 0 Å². The molecule has 0 atom stereocenters. The lowest BCUT2D eigenvalue weighted by molar-refractivity contribution is 0.562. The fraction of sp³-hybridized carbons (Fsp3) is 0.364. The predicted octanol–water partition coefficient (Wildman–Crippen LogP) is 2.78. The first-order chi connectivity index (χ1) is 7.22. The Hall–Kier alpha value is -1.22. The zero-order valence-electron chi connectivity index (χ0n) is 8.59. The number of nitrogens with one attached hydrogen (secondary N) is 1. The zero-order valence-corrected chi connectivity index (χ0v) is 9.34. The molecule has 0 fully saturated rings. The fourth-order valence-electron chi connectivity index (χ4n) is 1.61. The van der Waals surface area contributed by atoms with Crippen molar-refractivity contribution in [3.63, 3.8) is 0 Å². The van der Waals surface area contributed by atoms with Crippen molar-refractivity contribution in [3.8, 4) is 0 Å². The maximum atomic E-state index is 11.8. The van der Waals surface area contributed by atoms with Crippen LogP contribution in [0.3, 0.4) is 0 Å². The molecule has 0 saturated heterocycles. The van der Waals surface area contributed by atoms with Gasteiger partial charge in [-0.1, -0.05) is 24.9 Å². The number of halogens is 1. The summed E-state index contributed by atoms with van der Waals surface area (Å²) >= 11 is 5.85. The number of aryl methyl sites for hydroxylation is 1. The van der Waals surface area contributed by atoms with Crippen LogP contribution < -0.4 is 5.56 Å². The average Bonchev–Trinajstić information content (AvgIpc) is 2.52. The number of hydrogen-bond donors (Lipinski definition) is 1. The number of aromatic amines is 1. The first kappa shape index (κ1) is 10.3. The third-order valence-electron chi connectivity index (χ3n) is 2.45. The van der Waals surface area contributed by atoms with E-state index in [9.17, 15) is 4.79 Å². The third kappa shape index (κ3) is 1.92. The van der Waals surface area contributed by atoms with E-state index in [4.69, 9.17) is 11.6 Å². The molecule has 0 amide bonds. The Balaban J connectivity index is 2.49. The predicted molar refractivity (Wildman–Crippen MR) is 62.5 cm³/mol. The van der Waals surface area contributed by atoms with Crippen molar-refractivity contribution >= 4 is 22.5 Å². The van der Waals surface area contributed by atoms with E-state index >= 15 is 0 Å². The van der Waals surface area contributed by atoms with E-state index < -0.39 is 0 Å². The summed E-state index contributed by atoms with van der Waals surface area (Å²) in [5, 5.41) is 4.41. The van der Waals surface area contributed by atoms with Gasteiger partial charge in [-0.25, -0.2) is 0 Å². The maximum absolute atomic E-state index is 11.8. The molecule has 0 bridgehead atoms. The van der Waals surface area contributed by atoms with Gasteiger partial charge in [-0.05, 0) is 24.6 Å². The molecule has 0 spiro atoms.